The molecule has 0 aliphatic carbocycles. The maximum Gasteiger partial charge on any atom is 0.345 e. The highest BCUT2D eigenvalue weighted by molar-refractivity contribution is 6.06. The van der Waals surface area contributed by atoms with Crippen molar-refractivity contribution in [1.29, 1.82) is 5.26 Å². The summed E-state index contributed by atoms with van der Waals surface area (Å²) in [6, 6.07) is 15.0. The summed E-state index contributed by atoms with van der Waals surface area (Å²) in [5, 5.41) is 21.5. The summed E-state index contributed by atoms with van der Waals surface area (Å²) in [6.45, 7) is 0. The molecule has 6 rings (SSSR count). The van der Waals surface area contributed by atoms with Crippen LogP contribution in [0.3, 0.4) is 0 Å². The van der Waals surface area contributed by atoms with E-state index in [1.807, 2.05) is 6.07 Å². The predicted molar refractivity (Wildman–Crippen MR) is 127 cm³/mol. The van der Waals surface area contributed by atoms with Gasteiger partial charge in [-0.1, -0.05) is 0 Å². The van der Waals surface area contributed by atoms with Crippen LogP contribution in [0.4, 0.5) is 0 Å². The highest BCUT2D eigenvalue weighted by atomic mass is 16.4. The Morgan fingerprint density at radius 1 is 0.743 bits per heavy atom. The van der Waals surface area contributed by atoms with Gasteiger partial charge in [0.2, 0.25) is 0 Å². The van der Waals surface area contributed by atoms with Crippen molar-refractivity contribution in [3.05, 3.63) is 105 Å². The van der Waals surface area contributed by atoms with Crippen LogP contribution in [-0.4, -0.2) is 21.0 Å². The summed E-state index contributed by atoms with van der Waals surface area (Å²) in [6.07, 6.45) is 6.12. The Bertz CT molecular complexity index is 1950. The molecule has 6 aromatic rings. The Kier molecular flexibility index (Phi) is 5.24. The molecule has 2 aromatic carbocycles. The first-order valence-electron chi connectivity index (χ1n) is 10.2. The summed E-state index contributed by atoms with van der Waals surface area (Å²) in [5.74, 6) is -1.06. The zero-order valence-electron chi connectivity index (χ0n) is 17.8. The number of carboxylic acid groups (broad SMARTS) is 1. The standard InChI is InChI=1S/C13H6N2O2.C13H7NO4/c14-6-8-1-2-10-9-3-4-15-7-11(9)13(16)17-12(10)5-8;15-12(16)7-1-2-9-8-3-4-14-6-10(8)13(17)18-11(9)5-7/h1-5,7H;1-6H,(H,15,16). The molecule has 168 valence electrons. The highest BCUT2D eigenvalue weighted by Crippen LogP contribution is 2.24. The maximum absolute atomic E-state index is 11.7. The number of nitriles is 1. The minimum Gasteiger partial charge on any atom is -0.478 e. The second-order valence-corrected chi connectivity index (χ2v) is 7.46. The third kappa shape index (κ3) is 3.85. The predicted octanol–water partition coefficient (Wildman–Crippen LogP) is 4.25. The topological polar surface area (TPSA) is 147 Å². The van der Waals surface area contributed by atoms with Gasteiger partial charge >= 0.3 is 17.2 Å². The fourth-order valence-electron chi connectivity index (χ4n) is 3.75. The van der Waals surface area contributed by atoms with E-state index in [1.165, 1.54) is 24.5 Å². The van der Waals surface area contributed by atoms with Gasteiger partial charge in [-0.25, -0.2) is 14.4 Å². The lowest BCUT2D eigenvalue weighted by molar-refractivity contribution is 0.0697. The van der Waals surface area contributed by atoms with Crippen LogP contribution in [0.2, 0.25) is 0 Å². The molecular weight excluding hydrogens is 450 g/mol. The fourth-order valence-corrected chi connectivity index (χ4v) is 3.75. The van der Waals surface area contributed by atoms with Gasteiger partial charge in [-0.2, -0.15) is 5.26 Å². The molecule has 0 saturated carbocycles. The van der Waals surface area contributed by atoms with Crippen LogP contribution in [0.25, 0.3) is 43.5 Å². The number of carboxylic acids is 1. The van der Waals surface area contributed by atoms with Crippen LogP contribution in [0, 0.1) is 11.3 Å². The Morgan fingerprint density at radius 3 is 1.83 bits per heavy atom. The van der Waals surface area contributed by atoms with Crippen molar-refractivity contribution in [3.8, 4) is 6.07 Å². The molecule has 0 spiro atoms. The quantitative estimate of drug-likeness (QED) is 0.279. The van der Waals surface area contributed by atoms with E-state index in [2.05, 4.69) is 9.97 Å². The number of rotatable bonds is 1. The van der Waals surface area contributed by atoms with Crippen molar-refractivity contribution >= 4 is 49.5 Å². The van der Waals surface area contributed by atoms with Crippen molar-refractivity contribution in [3.63, 3.8) is 0 Å². The number of aromatic nitrogens is 2. The number of nitrogens with zero attached hydrogens (tertiary/aromatic N) is 3. The largest absolute Gasteiger partial charge is 0.478 e. The highest BCUT2D eigenvalue weighted by Gasteiger charge is 2.10. The lowest BCUT2D eigenvalue weighted by Crippen LogP contribution is -2.01. The van der Waals surface area contributed by atoms with Crippen LogP contribution in [-0.2, 0) is 0 Å². The molecule has 9 heteroatoms. The van der Waals surface area contributed by atoms with Crippen LogP contribution >= 0.6 is 0 Å². The Hall–Kier alpha value is -5.36. The van der Waals surface area contributed by atoms with E-state index in [0.29, 0.717) is 32.7 Å². The Balaban J connectivity index is 0.000000145. The van der Waals surface area contributed by atoms with Crippen LogP contribution in [0.5, 0.6) is 0 Å². The molecule has 0 saturated heterocycles. The van der Waals surface area contributed by atoms with E-state index in [4.69, 9.17) is 19.2 Å². The number of carbonyl (C=O) groups is 1. The van der Waals surface area contributed by atoms with Gasteiger partial charge in [0.15, 0.2) is 0 Å². The van der Waals surface area contributed by atoms with E-state index >= 15 is 0 Å². The van der Waals surface area contributed by atoms with E-state index in [1.54, 1.807) is 48.8 Å². The SMILES string of the molecule is N#Cc1ccc2c(c1)oc(=O)c1cnccc12.O=C(O)c1ccc2c(c1)oc(=O)c1cnccc12. The Labute approximate surface area is 195 Å². The average molecular weight is 463 g/mol. The van der Waals surface area contributed by atoms with Crippen molar-refractivity contribution in [2.45, 2.75) is 0 Å². The molecule has 0 aliphatic rings. The molecule has 9 nitrogen and oxygen atoms in total. The molecule has 4 heterocycles. The van der Waals surface area contributed by atoms with Gasteiger partial charge in [0.05, 0.1) is 28.0 Å². The Morgan fingerprint density at radius 2 is 1.29 bits per heavy atom. The molecule has 35 heavy (non-hydrogen) atoms. The third-order valence-corrected chi connectivity index (χ3v) is 5.41. The number of aromatic carboxylic acids is 1. The summed E-state index contributed by atoms with van der Waals surface area (Å²) in [7, 11) is 0. The maximum atomic E-state index is 11.7. The number of benzene rings is 2. The number of fused-ring (bicyclic) bond motifs is 6. The van der Waals surface area contributed by atoms with Crippen LogP contribution in [0.1, 0.15) is 15.9 Å². The monoisotopic (exact) mass is 463 g/mol. The summed E-state index contributed by atoms with van der Waals surface area (Å²) in [4.78, 5) is 42.1. The minimum atomic E-state index is -1.06. The van der Waals surface area contributed by atoms with Gasteiger partial charge in [-0.05, 0) is 48.5 Å². The molecule has 4 aromatic heterocycles. The van der Waals surface area contributed by atoms with E-state index < -0.39 is 17.2 Å². The minimum absolute atomic E-state index is 0.0825. The first-order valence-corrected chi connectivity index (χ1v) is 10.2. The summed E-state index contributed by atoms with van der Waals surface area (Å²) in [5.41, 5.74) is 0.281. The van der Waals surface area contributed by atoms with E-state index in [-0.39, 0.29) is 11.1 Å². The summed E-state index contributed by atoms with van der Waals surface area (Å²) >= 11 is 0. The molecule has 0 bridgehead atoms. The molecular formula is C26H13N3O6. The first-order chi connectivity index (χ1) is 17.0. The van der Waals surface area contributed by atoms with Crippen LogP contribution in [0.15, 0.2) is 91.7 Å². The third-order valence-electron chi connectivity index (χ3n) is 5.41. The lowest BCUT2D eigenvalue weighted by atomic mass is 10.1. The van der Waals surface area contributed by atoms with Gasteiger partial charge in [0.1, 0.15) is 11.2 Å². The number of pyridine rings is 2. The number of hydrogen-bond acceptors (Lipinski definition) is 8. The second kappa shape index (κ2) is 8.53. The van der Waals surface area contributed by atoms with Crippen molar-refractivity contribution in [1.82, 2.24) is 9.97 Å². The first kappa shape index (κ1) is 21.5. The lowest BCUT2D eigenvalue weighted by Gasteiger charge is -2.02. The molecule has 0 unspecified atom stereocenters. The molecule has 0 atom stereocenters. The fraction of sp³-hybridized carbons (Fsp3) is 0. The smallest absolute Gasteiger partial charge is 0.345 e. The second-order valence-electron chi connectivity index (χ2n) is 7.46. The van der Waals surface area contributed by atoms with Gasteiger partial charge in [-0.15, -0.1) is 0 Å². The molecule has 0 radical (unpaired) electrons. The van der Waals surface area contributed by atoms with Crippen molar-refractivity contribution in [2.24, 2.45) is 0 Å². The molecule has 1 N–H and O–H groups in total. The van der Waals surface area contributed by atoms with Crippen molar-refractivity contribution < 1.29 is 18.7 Å². The van der Waals surface area contributed by atoms with Gasteiger partial charge in [0, 0.05) is 46.3 Å². The number of hydrogen-bond donors (Lipinski definition) is 1. The van der Waals surface area contributed by atoms with Gasteiger partial charge in [0.25, 0.3) is 0 Å². The molecule has 0 aliphatic heterocycles. The summed E-state index contributed by atoms with van der Waals surface area (Å²) < 4.78 is 10.3. The molecule has 0 amide bonds. The zero-order valence-corrected chi connectivity index (χ0v) is 17.8. The van der Waals surface area contributed by atoms with E-state index in [9.17, 15) is 14.4 Å². The van der Waals surface area contributed by atoms with Gasteiger partial charge < -0.3 is 13.9 Å². The van der Waals surface area contributed by atoms with Crippen LogP contribution < -0.4 is 11.3 Å². The van der Waals surface area contributed by atoms with Crippen molar-refractivity contribution in [2.75, 3.05) is 0 Å². The average Bonchev–Trinajstić information content (AvgIpc) is 2.89. The molecule has 0 fully saturated rings. The zero-order chi connectivity index (χ0) is 24.5. The normalized spacial score (nSPS) is 10.7. The van der Waals surface area contributed by atoms with Gasteiger partial charge in [-0.3, -0.25) is 9.97 Å². The van der Waals surface area contributed by atoms with E-state index in [0.717, 1.165) is 10.8 Å².